The van der Waals surface area contributed by atoms with Gasteiger partial charge in [0.2, 0.25) is 0 Å². The van der Waals surface area contributed by atoms with Crippen molar-refractivity contribution in [2.45, 2.75) is 31.7 Å². The van der Waals surface area contributed by atoms with Gasteiger partial charge in [0.05, 0.1) is 0 Å². The van der Waals surface area contributed by atoms with Gasteiger partial charge in [-0.25, -0.2) is 0 Å². The zero-order valence-corrected chi connectivity index (χ0v) is 8.79. The van der Waals surface area contributed by atoms with Gasteiger partial charge < -0.3 is 10.3 Å². The summed E-state index contributed by atoms with van der Waals surface area (Å²) in [5.74, 6) is 0.955. The maximum absolute atomic E-state index is 6.17. The van der Waals surface area contributed by atoms with E-state index >= 15 is 0 Å². The summed E-state index contributed by atoms with van der Waals surface area (Å²) in [6.07, 6.45) is 3.05. The molecule has 15 heavy (non-hydrogen) atoms. The van der Waals surface area contributed by atoms with Crippen LogP contribution in [-0.2, 0) is 12.0 Å². The zero-order chi connectivity index (χ0) is 10.5. The Bertz CT molecular complexity index is 511. The molecule has 0 atom stereocenters. The second-order valence-electron chi connectivity index (χ2n) is 4.35. The molecule has 1 aliphatic carbocycles. The molecule has 0 aliphatic heterocycles. The van der Waals surface area contributed by atoms with Gasteiger partial charge in [0, 0.05) is 17.3 Å². The molecule has 0 spiro atoms. The third kappa shape index (κ3) is 1.27. The minimum atomic E-state index is -0.0729. The summed E-state index contributed by atoms with van der Waals surface area (Å²) in [6.45, 7) is 2.07. The Kier molecular flexibility index (Phi) is 1.68. The summed E-state index contributed by atoms with van der Waals surface area (Å²) in [5.41, 5.74) is 8.24. The smallest absolute Gasteiger partial charge is 0.144 e. The van der Waals surface area contributed by atoms with Gasteiger partial charge in [-0.3, -0.25) is 0 Å². The molecule has 1 heterocycles. The second-order valence-corrected chi connectivity index (χ2v) is 4.35. The van der Waals surface area contributed by atoms with E-state index in [-0.39, 0.29) is 5.54 Å². The Hall–Kier alpha value is -1.35. The van der Waals surface area contributed by atoms with Crippen molar-refractivity contribution in [2.24, 2.45) is 5.73 Å². The van der Waals surface area contributed by atoms with E-state index < -0.39 is 0 Å². The molecule has 3 rings (SSSR count). The first-order valence-corrected chi connectivity index (χ1v) is 5.40. The van der Waals surface area contributed by atoms with Crippen LogP contribution in [0.15, 0.2) is 22.7 Å². The Morgan fingerprint density at radius 3 is 2.93 bits per heavy atom. The first-order valence-electron chi connectivity index (χ1n) is 5.40. The quantitative estimate of drug-likeness (QED) is 0.813. The summed E-state index contributed by atoms with van der Waals surface area (Å²) in [5, 5.41) is 5.13. The number of hydrogen-bond acceptors (Lipinski definition) is 3. The Morgan fingerprint density at radius 2 is 2.27 bits per heavy atom. The van der Waals surface area contributed by atoms with Crippen LogP contribution < -0.4 is 5.73 Å². The van der Waals surface area contributed by atoms with Crippen LogP contribution in [-0.4, -0.2) is 5.16 Å². The van der Waals surface area contributed by atoms with Gasteiger partial charge in [-0.05, 0) is 30.5 Å². The van der Waals surface area contributed by atoms with Crippen LogP contribution in [0.2, 0.25) is 0 Å². The Labute approximate surface area is 88.2 Å². The molecule has 0 bridgehead atoms. The van der Waals surface area contributed by atoms with Gasteiger partial charge >= 0.3 is 0 Å². The number of rotatable bonds is 2. The fraction of sp³-hybridized carbons (Fsp3) is 0.417. The Morgan fingerprint density at radius 1 is 1.47 bits per heavy atom. The number of benzene rings is 1. The standard InChI is InChI=1S/C12H14N2O/c1-2-11-9-7-8(12(13)5-6-12)3-4-10(9)14-15-11/h3-4,7H,2,5-6,13H2,1H3. The first-order chi connectivity index (χ1) is 7.23. The highest BCUT2D eigenvalue weighted by atomic mass is 16.5. The van der Waals surface area contributed by atoms with Crippen molar-refractivity contribution in [1.29, 1.82) is 0 Å². The molecule has 0 amide bonds. The summed E-state index contributed by atoms with van der Waals surface area (Å²) in [6, 6.07) is 6.20. The van der Waals surface area contributed by atoms with E-state index in [1.54, 1.807) is 0 Å². The molecule has 1 saturated carbocycles. The molecule has 3 nitrogen and oxygen atoms in total. The molecule has 1 aromatic carbocycles. The average Bonchev–Trinajstić information content (AvgIpc) is 2.88. The van der Waals surface area contributed by atoms with Crippen molar-refractivity contribution in [1.82, 2.24) is 5.16 Å². The van der Waals surface area contributed by atoms with Crippen molar-refractivity contribution < 1.29 is 4.52 Å². The van der Waals surface area contributed by atoms with Gasteiger partial charge in [-0.1, -0.05) is 18.1 Å². The van der Waals surface area contributed by atoms with Crippen LogP contribution in [0.3, 0.4) is 0 Å². The number of hydrogen-bond donors (Lipinski definition) is 1. The van der Waals surface area contributed by atoms with Gasteiger partial charge in [0.15, 0.2) is 0 Å². The predicted octanol–water partition coefficient (Wildman–Crippen LogP) is 2.34. The van der Waals surface area contributed by atoms with Gasteiger partial charge in [-0.15, -0.1) is 0 Å². The van der Waals surface area contributed by atoms with E-state index in [1.807, 2.05) is 6.07 Å². The van der Waals surface area contributed by atoms with Crippen LogP contribution in [0.1, 0.15) is 31.1 Å². The topological polar surface area (TPSA) is 52.0 Å². The van der Waals surface area contributed by atoms with Crippen molar-refractivity contribution in [3.63, 3.8) is 0 Å². The van der Waals surface area contributed by atoms with Crippen molar-refractivity contribution in [3.8, 4) is 0 Å². The molecule has 0 saturated heterocycles. The van der Waals surface area contributed by atoms with Crippen LogP contribution in [0.25, 0.3) is 10.9 Å². The van der Waals surface area contributed by atoms with Crippen LogP contribution in [0.4, 0.5) is 0 Å². The molecular weight excluding hydrogens is 188 g/mol. The van der Waals surface area contributed by atoms with Crippen molar-refractivity contribution in [3.05, 3.63) is 29.5 Å². The molecule has 1 aliphatic rings. The zero-order valence-electron chi connectivity index (χ0n) is 8.79. The van der Waals surface area contributed by atoms with E-state index in [0.717, 1.165) is 35.9 Å². The van der Waals surface area contributed by atoms with Crippen molar-refractivity contribution >= 4 is 10.9 Å². The number of nitrogens with two attached hydrogens (primary N) is 1. The highest BCUT2D eigenvalue weighted by Gasteiger charge is 2.40. The van der Waals surface area contributed by atoms with E-state index in [4.69, 9.17) is 10.3 Å². The van der Waals surface area contributed by atoms with Gasteiger partial charge in [0.1, 0.15) is 11.3 Å². The highest BCUT2D eigenvalue weighted by molar-refractivity contribution is 5.81. The van der Waals surface area contributed by atoms with E-state index in [1.165, 1.54) is 5.56 Å². The SMILES string of the molecule is CCc1onc2ccc(C3(N)CC3)cc12. The Balaban J connectivity index is 2.19. The number of aromatic nitrogens is 1. The first kappa shape index (κ1) is 8.92. The third-order valence-corrected chi connectivity index (χ3v) is 3.24. The molecule has 0 unspecified atom stereocenters. The third-order valence-electron chi connectivity index (χ3n) is 3.24. The molecule has 1 fully saturated rings. The lowest BCUT2D eigenvalue weighted by Crippen LogP contribution is -2.18. The summed E-state index contributed by atoms with van der Waals surface area (Å²) >= 11 is 0. The summed E-state index contributed by atoms with van der Waals surface area (Å²) in [7, 11) is 0. The lowest BCUT2D eigenvalue weighted by atomic mass is 10.0. The number of nitrogens with zero attached hydrogens (tertiary/aromatic N) is 1. The summed E-state index contributed by atoms with van der Waals surface area (Å²) < 4.78 is 5.26. The van der Waals surface area contributed by atoms with E-state index in [0.29, 0.717) is 0 Å². The average molecular weight is 202 g/mol. The molecule has 2 N–H and O–H groups in total. The van der Waals surface area contributed by atoms with E-state index in [2.05, 4.69) is 24.2 Å². The summed E-state index contributed by atoms with van der Waals surface area (Å²) in [4.78, 5) is 0. The monoisotopic (exact) mass is 202 g/mol. The van der Waals surface area contributed by atoms with Crippen LogP contribution >= 0.6 is 0 Å². The fourth-order valence-corrected chi connectivity index (χ4v) is 1.98. The fourth-order valence-electron chi connectivity index (χ4n) is 1.98. The maximum Gasteiger partial charge on any atom is 0.144 e. The highest BCUT2D eigenvalue weighted by Crippen LogP contribution is 2.43. The molecule has 78 valence electrons. The second kappa shape index (κ2) is 2.83. The molecular formula is C12H14N2O. The minimum absolute atomic E-state index is 0.0729. The van der Waals surface area contributed by atoms with Gasteiger partial charge in [-0.2, -0.15) is 0 Å². The number of aryl methyl sites for hydroxylation is 1. The van der Waals surface area contributed by atoms with Gasteiger partial charge in [0.25, 0.3) is 0 Å². The van der Waals surface area contributed by atoms with E-state index in [9.17, 15) is 0 Å². The molecule has 1 aromatic heterocycles. The molecule has 0 radical (unpaired) electrons. The normalized spacial score (nSPS) is 18.3. The van der Waals surface area contributed by atoms with Crippen molar-refractivity contribution in [2.75, 3.05) is 0 Å². The molecule has 2 aromatic rings. The van der Waals surface area contributed by atoms with Crippen LogP contribution in [0.5, 0.6) is 0 Å². The van der Waals surface area contributed by atoms with Crippen LogP contribution in [0, 0.1) is 0 Å². The molecule has 3 heteroatoms. The maximum atomic E-state index is 6.17. The predicted molar refractivity (Wildman–Crippen MR) is 58.5 cm³/mol. The lowest BCUT2D eigenvalue weighted by Gasteiger charge is -2.08. The lowest BCUT2D eigenvalue weighted by molar-refractivity contribution is 0.395. The number of fused-ring (bicyclic) bond motifs is 1. The minimum Gasteiger partial charge on any atom is -0.360 e. The largest absolute Gasteiger partial charge is 0.360 e.